The number of primary amides is 1. The van der Waals surface area contributed by atoms with E-state index in [-0.39, 0.29) is 0 Å². The molecule has 0 saturated carbocycles. The van der Waals surface area contributed by atoms with Crippen LogP contribution in [0.2, 0.25) is 0 Å². The highest BCUT2D eigenvalue weighted by Gasteiger charge is 2.35. The van der Waals surface area contributed by atoms with Crippen LogP contribution in [0.25, 0.3) is 11.0 Å². The average Bonchev–Trinajstić information content (AvgIpc) is 2.89. The van der Waals surface area contributed by atoms with Gasteiger partial charge in [-0.2, -0.15) is 0 Å². The summed E-state index contributed by atoms with van der Waals surface area (Å²) < 4.78 is 5.42. The molecule has 6 nitrogen and oxygen atoms in total. The third-order valence-corrected chi connectivity index (χ3v) is 4.80. The maximum absolute atomic E-state index is 11.5. The Bertz CT molecular complexity index is 699. The van der Waals surface area contributed by atoms with E-state index in [1.807, 2.05) is 12.1 Å². The molecule has 22 heavy (non-hydrogen) atoms. The number of carbonyl (C=O) groups is 1. The molecule has 1 amide bonds. The number of nitrogens with two attached hydrogens (primary N) is 1. The van der Waals surface area contributed by atoms with Gasteiger partial charge < -0.3 is 15.5 Å². The predicted molar refractivity (Wildman–Crippen MR) is 82.8 cm³/mol. The second-order valence-corrected chi connectivity index (χ2v) is 6.18. The van der Waals surface area contributed by atoms with Crippen molar-refractivity contribution < 1.29 is 9.53 Å². The van der Waals surface area contributed by atoms with Crippen LogP contribution in [0.3, 0.4) is 0 Å². The van der Waals surface area contributed by atoms with Gasteiger partial charge >= 0.3 is 0 Å². The summed E-state index contributed by atoms with van der Waals surface area (Å²) in [7, 11) is 0. The number of fused-ring (bicyclic) bond motifs is 1. The van der Waals surface area contributed by atoms with Crippen molar-refractivity contribution in [1.29, 1.82) is 0 Å². The van der Waals surface area contributed by atoms with E-state index in [0.29, 0.717) is 23.0 Å². The van der Waals surface area contributed by atoms with E-state index in [1.54, 1.807) is 6.07 Å². The molecule has 0 aliphatic carbocycles. The zero-order valence-corrected chi connectivity index (χ0v) is 12.4. The number of imidazole rings is 1. The molecular formula is C16H20N4O2. The van der Waals surface area contributed by atoms with Crippen LogP contribution in [-0.2, 0) is 4.74 Å². The Hall–Kier alpha value is -1.92. The Kier molecular flexibility index (Phi) is 3.35. The lowest BCUT2D eigenvalue weighted by Crippen LogP contribution is -2.52. The van der Waals surface area contributed by atoms with Crippen LogP contribution < -0.4 is 5.73 Å². The van der Waals surface area contributed by atoms with E-state index in [1.165, 1.54) is 0 Å². The lowest BCUT2D eigenvalue weighted by Gasteiger charge is -2.44. The van der Waals surface area contributed by atoms with Crippen molar-refractivity contribution in [2.24, 2.45) is 5.73 Å². The SMILES string of the molecule is NC(=O)c1cccc2[nH]c(C3CN(C4CCOCC4)C3)nc12. The predicted octanol–water partition coefficient (Wildman–Crippen LogP) is 1.24. The lowest BCUT2D eigenvalue weighted by molar-refractivity contribution is 0.000504. The van der Waals surface area contributed by atoms with Crippen LogP contribution in [-0.4, -0.2) is 53.1 Å². The van der Waals surface area contributed by atoms with Crippen molar-refractivity contribution in [3.05, 3.63) is 29.6 Å². The second kappa shape index (κ2) is 5.37. The number of ether oxygens (including phenoxy) is 1. The molecule has 1 aromatic heterocycles. The molecular weight excluding hydrogens is 280 g/mol. The van der Waals surface area contributed by atoms with Gasteiger partial charge in [-0.05, 0) is 25.0 Å². The number of para-hydroxylation sites is 1. The summed E-state index contributed by atoms with van der Waals surface area (Å²) in [5, 5.41) is 0. The minimum absolute atomic E-state index is 0.413. The average molecular weight is 300 g/mol. The van der Waals surface area contributed by atoms with Gasteiger partial charge in [0.25, 0.3) is 5.91 Å². The van der Waals surface area contributed by atoms with Crippen LogP contribution in [0.15, 0.2) is 18.2 Å². The highest BCUT2D eigenvalue weighted by atomic mass is 16.5. The molecule has 0 atom stereocenters. The van der Waals surface area contributed by atoms with Gasteiger partial charge in [-0.25, -0.2) is 4.98 Å². The summed E-state index contributed by atoms with van der Waals surface area (Å²) in [4.78, 5) is 22.0. The van der Waals surface area contributed by atoms with Gasteiger partial charge in [0.2, 0.25) is 0 Å². The molecule has 0 bridgehead atoms. The van der Waals surface area contributed by atoms with Gasteiger partial charge in [0.15, 0.2) is 0 Å². The summed E-state index contributed by atoms with van der Waals surface area (Å²) in [6, 6.07) is 6.15. The molecule has 4 rings (SSSR count). The second-order valence-electron chi connectivity index (χ2n) is 6.18. The molecule has 3 heterocycles. The summed E-state index contributed by atoms with van der Waals surface area (Å²) in [5.41, 5.74) is 7.48. The Morgan fingerprint density at radius 2 is 2.09 bits per heavy atom. The molecule has 2 fully saturated rings. The molecule has 2 aliphatic rings. The fraction of sp³-hybridized carbons (Fsp3) is 0.500. The Balaban J connectivity index is 1.51. The number of H-pyrrole nitrogens is 1. The molecule has 2 aromatic rings. The van der Waals surface area contributed by atoms with E-state index in [0.717, 1.165) is 50.5 Å². The minimum Gasteiger partial charge on any atom is -0.381 e. The molecule has 2 saturated heterocycles. The van der Waals surface area contributed by atoms with Crippen LogP contribution >= 0.6 is 0 Å². The molecule has 3 N–H and O–H groups in total. The number of hydrogen-bond donors (Lipinski definition) is 2. The number of carbonyl (C=O) groups excluding carboxylic acids is 1. The molecule has 0 spiro atoms. The fourth-order valence-corrected chi connectivity index (χ4v) is 3.48. The zero-order chi connectivity index (χ0) is 15.1. The van der Waals surface area contributed by atoms with E-state index >= 15 is 0 Å². The lowest BCUT2D eigenvalue weighted by atomic mass is 9.94. The number of hydrogen-bond acceptors (Lipinski definition) is 4. The molecule has 116 valence electrons. The highest BCUT2D eigenvalue weighted by molar-refractivity contribution is 6.04. The molecule has 0 unspecified atom stereocenters. The van der Waals surface area contributed by atoms with Gasteiger partial charge in [0.05, 0.1) is 11.1 Å². The van der Waals surface area contributed by atoms with Gasteiger partial charge in [0, 0.05) is 38.3 Å². The van der Waals surface area contributed by atoms with Crippen LogP contribution in [0, 0.1) is 0 Å². The number of amides is 1. The number of aromatic amines is 1. The standard InChI is InChI=1S/C16H20N4O2/c17-15(21)12-2-1-3-13-14(12)19-16(18-13)10-8-20(9-10)11-4-6-22-7-5-11/h1-3,10-11H,4-9H2,(H2,17,21)(H,18,19). The summed E-state index contributed by atoms with van der Waals surface area (Å²) in [6.45, 7) is 3.80. The van der Waals surface area contributed by atoms with Crippen LogP contribution in [0.4, 0.5) is 0 Å². The fourth-order valence-electron chi connectivity index (χ4n) is 3.48. The van der Waals surface area contributed by atoms with Crippen molar-refractivity contribution in [2.45, 2.75) is 24.8 Å². The first-order valence-corrected chi connectivity index (χ1v) is 7.82. The van der Waals surface area contributed by atoms with E-state index in [2.05, 4.69) is 14.9 Å². The van der Waals surface area contributed by atoms with Crippen molar-refractivity contribution in [3.8, 4) is 0 Å². The van der Waals surface area contributed by atoms with Crippen molar-refractivity contribution in [3.63, 3.8) is 0 Å². The number of benzene rings is 1. The van der Waals surface area contributed by atoms with Crippen molar-refractivity contribution >= 4 is 16.9 Å². The molecule has 0 radical (unpaired) electrons. The summed E-state index contributed by atoms with van der Waals surface area (Å²) in [6.07, 6.45) is 2.25. The largest absolute Gasteiger partial charge is 0.381 e. The summed E-state index contributed by atoms with van der Waals surface area (Å²) >= 11 is 0. The summed E-state index contributed by atoms with van der Waals surface area (Å²) in [5.74, 6) is 0.948. The van der Waals surface area contributed by atoms with Crippen molar-refractivity contribution in [1.82, 2.24) is 14.9 Å². The monoisotopic (exact) mass is 300 g/mol. The molecule has 1 aromatic carbocycles. The third kappa shape index (κ3) is 2.28. The highest BCUT2D eigenvalue weighted by Crippen LogP contribution is 2.31. The van der Waals surface area contributed by atoms with Gasteiger partial charge in [0.1, 0.15) is 11.3 Å². The van der Waals surface area contributed by atoms with Crippen molar-refractivity contribution in [2.75, 3.05) is 26.3 Å². The Labute approximate surface area is 128 Å². The van der Waals surface area contributed by atoms with E-state index < -0.39 is 5.91 Å². The number of nitrogens with one attached hydrogen (secondary N) is 1. The zero-order valence-electron chi connectivity index (χ0n) is 12.4. The molecule has 6 heteroatoms. The number of likely N-dealkylation sites (tertiary alicyclic amines) is 1. The van der Waals surface area contributed by atoms with Gasteiger partial charge in [-0.15, -0.1) is 0 Å². The normalized spacial score (nSPS) is 21.1. The van der Waals surface area contributed by atoms with Gasteiger partial charge in [-0.1, -0.05) is 6.07 Å². The van der Waals surface area contributed by atoms with Gasteiger partial charge in [-0.3, -0.25) is 9.69 Å². The minimum atomic E-state index is -0.430. The third-order valence-electron chi connectivity index (χ3n) is 4.80. The van der Waals surface area contributed by atoms with Crippen LogP contribution in [0.5, 0.6) is 0 Å². The Morgan fingerprint density at radius 3 is 2.82 bits per heavy atom. The number of aromatic nitrogens is 2. The van der Waals surface area contributed by atoms with E-state index in [9.17, 15) is 4.79 Å². The maximum atomic E-state index is 11.5. The smallest absolute Gasteiger partial charge is 0.250 e. The molecule has 2 aliphatic heterocycles. The Morgan fingerprint density at radius 1 is 1.32 bits per heavy atom. The number of rotatable bonds is 3. The first kappa shape index (κ1) is 13.7. The quantitative estimate of drug-likeness (QED) is 0.893. The first-order valence-electron chi connectivity index (χ1n) is 7.82. The first-order chi connectivity index (χ1) is 10.7. The maximum Gasteiger partial charge on any atom is 0.250 e. The topological polar surface area (TPSA) is 84.2 Å². The number of nitrogens with zero attached hydrogens (tertiary/aromatic N) is 2. The van der Waals surface area contributed by atoms with E-state index in [4.69, 9.17) is 10.5 Å². The van der Waals surface area contributed by atoms with Crippen LogP contribution in [0.1, 0.15) is 34.9 Å².